The van der Waals surface area contributed by atoms with Crippen LogP contribution >= 0.6 is 0 Å². The largest absolute Gasteiger partial charge is 0.373 e. The lowest BCUT2D eigenvalue weighted by atomic mass is 10.0. The first kappa shape index (κ1) is 26.7. The van der Waals surface area contributed by atoms with Crippen LogP contribution in [0.3, 0.4) is 0 Å². The molecule has 3 heteroatoms. The molecule has 0 spiro atoms. The highest BCUT2D eigenvalue weighted by atomic mass is 17.2. The Kier molecular flexibility index (Phi) is 16.4. The van der Waals surface area contributed by atoms with E-state index in [1.165, 1.54) is 89.9 Å². The molecular weight excluding hydrogens is 372 g/mol. The zero-order valence-corrected chi connectivity index (χ0v) is 20.0. The van der Waals surface area contributed by atoms with Gasteiger partial charge in [-0.3, -0.25) is 4.89 Å². The van der Waals surface area contributed by atoms with Gasteiger partial charge in [-0.2, -0.15) is 4.89 Å². The summed E-state index contributed by atoms with van der Waals surface area (Å²) in [6.07, 6.45) is 21.5. The van der Waals surface area contributed by atoms with E-state index in [1.807, 2.05) is 32.0 Å². The maximum absolute atomic E-state index is 12.0. The van der Waals surface area contributed by atoms with E-state index in [0.717, 1.165) is 24.0 Å². The van der Waals surface area contributed by atoms with Crippen LogP contribution in [-0.4, -0.2) is 12.6 Å². The fraction of sp³-hybridized carbons (Fsp3) is 0.741. The molecule has 0 aliphatic rings. The average molecular weight is 419 g/mol. The van der Waals surface area contributed by atoms with Crippen molar-refractivity contribution in [1.29, 1.82) is 0 Å². The third-order valence-corrected chi connectivity index (χ3v) is 5.67. The van der Waals surface area contributed by atoms with Crippen molar-refractivity contribution >= 4 is 5.97 Å². The van der Waals surface area contributed by atoms with E-state index in [4.69, 9.17) is 9.78 Å². The van der Waals surface area contributed by atoms with E-state index in [9.17, 15) is 4.79 Å². The lowest BCUT2D eigenvalue weighted by Crippen LogP contribution is -2.07. The van der Waals surface area contributed by atoms with Gasteiger partial charge in [0.15, 0.2) is 0 Å². The summed E-state index contributed by atoms with van der Waals surface area (Å²) in [5, 5.41) is 0. The van der Waals surface area contributed by atoms with Crippen molar-refractivity contribution in [3.05, 3.63) is 34.9 Å². The Labute approximate surface area is 185 Å². The first-order chi connectivity index (χ1) is 14.6. The minimum Gasteiger partial charge on any atom is -0.293 e. The molecule has 0 aliphatic heterocycles. The molecule has 0 fully saturated rings. The number of unbranched alkanes of at least 4 members (excludes halogenated alkanes) is 15. The second-order valence-corrected chi connectivity index (χ2v) is 8.87. The van der Waals surface area contributed by atoms with E-state index >= 15 is 0 Å². The number of carbonyl (C=O) groups excluding carboxylic acids is 1. The summed E-state index contributed by atoms with van der Waals surface area (Å²) >= 11 is 0. The number of rotatable bonds is 19. The van der Waals surface area contributed by atoms with E-state index < -0.39 is 5.97 Å². The predicted octanol–water partition coefficient (Wildman–Crippen LogP) is 8.65. The fourth-order valence-corrected chi connectivity index (χ4v) is 3.94. The summed E-state index contributed by atoms with van der Waals surface area (Å²) in [6, 6.07) is 5.69. The van der Waals surface area contributed by atoms with Crippen molar-refractivity contribution in [2.75, 3.05) is 6.61 Å². The van der Waals surface area contributed by atoms with Gasteiger partial charge in [-0.05, 0) is 32.4 Å². The highest BCUT2D eigenvalue weighted by molar-refractivity contribution is 5.89. The van der Waals surface area contributed by atoms with Crippen LogP contribution in [0.25, 0.3) is 0 Å². The van der Waals surface area contributed by atoms with E-state index in [0.29, 0.717) is 12.2 Å². The average Bonchev–Trinajstić information content (AvgIpc) is 2.72. The number of hydrogen-bond acceptors (Lipinski definition) is 3. The van der Waals surface area contributed by atoms with Gasteiger partial charge in [-0.1, -0.05) is 120 Å². The third kappa shape index (κ3) is 14.6. The Morgan fingerprint density at radius 2 is 1.03 bits per heavy atom. The number of aryl methyl sites for hydroxylation is 2. The Balaban J connectivity index is 1.82. The molecule has 0 aromatic heterocycles. The summed E-state index contributed by atoms with van der Waals surface area (Å²) in [7, 11) is 0. The molecule has 1 aromatic carbocycles. The fourth-order valence-electron chi connectivity index (χ4n) is 3.94. The quantitative estimate of drug-likeness (QED) is 0.128. The Morgan fingerprint density at radius 1 is 0.633 bits per heavy atom. The first-order valence-electron chi connectivity index (χ1n) is 12.6. The summed E-state index contributed by atoms with van der Waals surface area (Å²) in [4.78, 5) is 22.0. The third-order valence-electron chi connectivity index (χ3n) is 5.67. The SMILES string of the molecule is CCCCCCCCCCCCCCCCCCOOC(=O)c1cc(C)cc(C)c1. The Bertz CT molecular complexity index is 533. The number of benzene rings is 1. The van der Waals surface area contributed by atoms with Gasteiger partial charge in [0.1, 0.15) is 0 Å². The predicted molar refractivity (Wildman–Crippen MR) is 127 cm³/mol. The van der Waals surface area contributed by atoms with Crippen molar-refractivity contribution in [3.8, 4) is 0 Å². The molecule has 0 bridgehead atoms. The highest BCUT2D eigenvalue weighted by Crippen LogP contribution is 2.14. The molecule has 0 heterocycles. The standard InChI is InChI=1S/C27H46O3/c1-4-5-6-7-8-9-10-11-12-13-14-15-16-17-18-19-20-29-30-27(28)26-22-24(2)21-25(3)23-26/h21-23H,4-20H2,1-3H3. The molecule has 1 rings (SSSR count). The van der Waals surface area contributed by atoms with Crippen LogP contribution in [0.15, 0.2) is 18.2 Å². The molecular formula is C27H46O3. The minimum atomic E-state index is -0.404. The lowest BCUT2D eigenvalue weighted by molar-refractivity contribution is -0.241. The Hall–Kier alpha value is -1.35. The monoisotopic (exact) mass is 418 g/mol. The molecule has 0 aliphatic carbocycles. The minimum absolute atomic E-state index is 0.404. The molecule has 0 radical (unpaired) electrons. The second kappa shape index (κ2) is 18.4. The first-order valence-corrected chi connectivity index (χ1v) is 12.6. The Morgan fingerprint density at radius 3 is 1.47 bits per heavy atom. The zero-order chi connectivity index (χ0) is 21.9. The molecule has 30 heavy (non-hydrogen) atoms. The normalized spacial score (nSPS) is 11.0. The summed E-state index contributed by atoms with van der Waals surface area (Å²) in [5.74, 6) is -0.404. The van der Waals surface area contributed by atoms with Crippen molar-refractivity contribution in [2.24, 2.45) is 0 Å². The maximum atomic E-state index is 12.0. The lowest BCUT2D eigenvalue weighted by Gasteiger charge is -2.06. The topological polar surface area (TPSA) is 35.5 Å². The maximum Gasteiger partial charge on any atom is 0.373 e. The molecule has 0 N–H and O–H groups in total. The number of hydrogen-bond donors (Lipinski definition) is 0. The van der Waals surface area contributed by atoms with Gasteiger partial charge in [0.25, 0.3) is 0 Å². The van der Waals surface area contributed by atoms with Gasteiger partial charge in [0.2, 0.25) is 0 Å². The molecule has 0 atom stereocenters. The molecule has 1 aromatic rings. The summed E-state index contributed by atoms with van der Waals surface area (Å²) in [5.41, 5.74) is 2.67. The van der Waals surface area contributed by atoms with Gasteiger partial charge < -0.3 is 0 Å². The van der Waals surface area contributed by atoms with Crippen LogP contribution in [0.5, 0.6) is 0 Å². The van der Waals surface area contributed by atoms with Crippen molar-refractivity contribution in [1.82, 2.24) is 0 Å². The molecule has 3 nitrogen and oxygen atoms in total. The molecule has 0 amide bonds. The van der Waals surface area contributed by atoms with E-state index in [-0.39, 0.29) is 0 Å². The van der Waals surface area contributed by atoms with Crippen molar-refractivity contribution in [2.45, 2.75) is 124 Å². The van der Waals surface area contributed by atoms with Crippen molar-refractivity contribution < 1.29 is 14.6 Å². The molecule has 0 saturated heterocycles. The molecule has 172 valence electrons. The summed E-state index contributed by atoms with van der Waals surface area (Å²) in [6.45, 7) is 6.71. The zero-order valence-electron chi connectivity index (χ0n) is 20.0. The van der Waals surface area contributed by atoms with Crippen LogP contribution in [0.4, 0.5) is 0 Å². The molecule has 0 unspecified atom stereocenters. The van der Waals surface area contributed by atoms with Gasteiger partial charge in [-0.25, -0.2) is 4.79 Å². The van der Waals surface area contributed by atoms with Crippen molar-refractivity contribution in [3.63, 3.8) is 0 Å². The van der Waals surface area contributed by atoms with Gasteiger partial charge in [0.05, 0.1) is 12.2 Å². The summed E-state index contributed by atoms with van der Waals surface area (Å²) < 4.78 is 0. The smallest absolute Gasteiger partial charge is 0.293 e. The number of carbonyl (C=O) groups is 1. The highest BCUT2D eigenvalue weighted by Gasteiger charge is 2.09. The second-order valence-electron chi connectivity index (χ2n) is 8.87. The van der Waals surface area contributed by atoms with Gasteiger partial charge >= 0.3 is 5.97 Å². The van der Waals surface area contributed by atoms with Crippen LogP contribution in [0.1, 0.15) is 131 Å². The van der Waals surface area contributed by atoms with E-state index in [2.05, 4.69) is 6.92 Å². The molecule has 0 saturated carbocycles. The van der Waals surface area contributed by atoms with Crippen LogP contribution in [0.2, 0.25) is 0 Å². The van der Waals surface area contributed by atoms with Crippen LogP contribution in [-0.2, 0) is 9.78 Å². The van der Waals surface area contributed by atoms with Crippen LogP contribution in [0, 0.1) is 13.8 Å². The van der Waals surface area contributed by atoms with Crippen LogP contribution < -0.4 is 0 Å². The van der Waals surface area contributed by atoms with E-state index in [1.54, 1.807) is 0 Å². The van der Waals surface area contributed by atoms with Gasteiger partial charge in [-0.15, -0.1) is 0 Å². The van der Waals surface area contributed by atoms with Gasteiger partial charge in [0, 0.05) is 0 Å².